The van der Waals surface area contributed by atoms with Crippen LogP contribution in [0.25, 0.3) is 5.69 Å². The Kier molecular flexibility index (Phi) is 3.31. The third-order valence-electron chi connectivity index (χ3n) is 3.07. The number of ether oxygens (including phenoxy) is 1. The number of rotatable bonds is 2. The van der Waals surface area contributed by atoms with Crippen LogP contribution in [0.3, 0.4) is 0 Å². The third kappa shape index (κ3) is 2.33. The minimum Gasteiger partial charge on any atom is -0.378 e. The number of nitriles is 1. The van der Waals surface area contributed by atoms with E-state index in [1.165, 1.54) is 16.9 Å². The summed E-state index contributed by atoms with van der Waals surface area (Å²) in [6.07, 6.45) is 0. The summed E-state index contributed by atoms with van der Waals surface area (Å²) in [5, 5.41) is 17.6. The third-order valence-corrected chi connectivity index (χ3v) is 3.07. The van der Waals surface area contributed by atoms with Crippen LogP contribution in [0.4, 0.5) is 10.2 Å². The van der Waals surface area contributed by atoms with Crippen molar-refractivity contribution in [3.63, 3.8) is 0 Å². The molecule has 20 heavy (non-hydrogen) atoms. The maximum Gasteiger partial charge on any atom is 0.207 e. The number of morpholine rings is 1. The highest BCUT2D eigenvalue weighted by Gasteiger charge is 2.20. The van der Waals surface area contributed by atoms with Gasteiger partial charge in [0.05, 0.1) is 18.9 Å². The van der Waals surface area contributed by atoms with Crippen molar-refractivity contribution in [2.45, 2.75) is 0 Å². The SMILES string of the molecule is N#Cc1nn(-c2ccc(F)cc2)nc1N1CCOCC1. The first-order valence-electron chi connectivity index (χ1n) is 6.24. The van der Waals surface area contributed by atoms with Crippen molar-refractivity contribution in [3.05, 3.63) is 35.8 Å². The number of hydrogen-bond donors (Lipinski definition) is 0. The predicted octanol–water partition coefficient (Wildman–Crippen LogP) is 1.11. The van der Waals surface area contributed by atoms with Gasteiger partial charge in [0.2, 0.25) is 5.69 Å². The van der Waals surface area contributed by atoms with E-state index in [9.17, 15) is 4.39 Å². The number of hydrogen-bond acceptors (Lipinski definition) is 5. The van der Waals surface area contributed by atoms with Crippen LogP contribution < -0.4 is 4.90 Å². The maximum absolute atomic E-state index is 12.9. The van der Waals surface area contributed by atoms with Crippen LogP contribution in [-0.4, -0.2) is 41.3 Å². The number of anilines is 1. The zero-order chi connectivity index (χ0) is 13.9. The number of aromatic nitrogens is 3. The molecular weight excluding hydrogens is 261 g/mol. The average Bonchev–Trinajstić information content (AvgIpc) is 2.93. The molecule has 1 aliphatic heterocycles. The second-order valence-corrected chi connectivity index (χ2v) is 4.35. The predicted molar refractivity (Wildman–Crippen MR) is 69.1 cm³/mol. The van der Waals surface area contributed by atoms with E-state index < -0.39 is 0 Å². The van der Waals surface area contributed by atoms with E-state index in [0.29, 0.717) is 37.8 Å². The lowest BCUT2D eigenvalue weighted by atomic mass is 10.3. The maximum atomic E-state index is 12.9. The monoisotopic (exact) mass is 273 g/mol. The zero-order valence-electron chi connectivity index (χ0n) is 10.7. The summed E-state index contributed by atoms with van der Waals surface area (Å²) in [7, 11) is 0. The molecule has 1 fully saturated rings. The lowest BCUT2D eigenvalue weighted by molar-refractivity contribution is 0.122. The molecule has 7 heteroatoms. The number of halogens is 1. The van der Waals surface area contributed by atoms with Crippen molar-refractivity contribution < 1.29 is 9.13 Å². The van der Waals surface area contributed by atoms with Crippen LogP contribution in [-0.2, 0) is 4.74 Å². The van der Waals surface area contributed by atoms with Crippen LogP contribution in [0, 0.1) is 17.1 Å². The molecule has 2 aromatic rings. The first kappa shape index (κ1) is 12.6. The Morgan fingerprint density at radius 2 is 1.85 bits per heavy atom. The van der Waals surface area contributed by atoms with Crippen molar-refractivity contribution in [1.82, 2.24) is 15.0 Å². The van der Waals surface area contributed by atoms with Crippen molar-refractivity contribution in [3.8, 4) is 11.8 Å². The summed E-state index contributed by atoms with van der Waals surface area (Å²) >= 11 is 0. The fourth-order valence-electron chi connectivity index (χ4n) is 2.05. The Morgan fingerprint density at radius 1 is 1.15 bits per heavy atom. The van der Waals surface area contributed by atoms with Gasteiger partial charge in [-0.25, -0.2) is 4.39 Å². The second kappa shape index (κ2) is 5.27. The van der Waals surface area contributed by atoms with Gasteiger partial charge < -0.3 is 9.64 Å². The number of nitrogens with zero attached hydrogens (tertiary/aromatic N) is 5. The van der Waals surface area contributed by atoms with Crippen LogP contribution in [0.1, 0.15) is 5.69 Å². The van der Waals surface area contributed by atoms with E-state index >= 15 is 0 Å². The quantitative estimate of drug-likeness (QED) is 0.820. The summed E-state index contributed by atoms with van der Waals surface area (Å²) in [6.45, 7) is 2.57. The van der Waals surface area contributed by atoms with Gasteiger partial charge in [-0.15, -0.1) is 15.0 Å². The smallest absolute Gasteiger partial charge is 0.207 e. The van der Waals surface area contributed by atoms with E-state index in [2.05, 4.69) is 10.2 Å². The molecule has 0 N–H and O–H groups in total. The highest BCUT2D eigenvalue weighted by Crippen LogP contribution is 2.18. The Hall–Kier alpha value is -2.46. The molecule has 1 aromatic heterocycles. The van der Waals surface area contributed by atoms with Crippen molar-refractivity contribution in [1.29, 1.82) is 5.26 Å². The first-order chi connectivity index (χ1) is 9.78. The molecule has 0 amide bonds. The Labute approximate surface area is 115 Å². The Balaban J connectivity index is 1.96. The average molecular weight is 273 g/mol. The minimum atomic E-state index is -0.324. The van der Waals surface area contributed by atoms with E-state index in [1.54, 1.807) is 12.1 Å². The molecule has 1 saturated heterocycles. The zero-order valence-corrected chi connectivity index (χ0v) is 10.7. The van der Waals surface area contributed by atoms with Gasteiger partial charge >= 0.3 is 0 Å². The van der Waals surface area contributed by atoms with E-state index in [1.807, 2.05) is 11.0 Å². The van der Waals surface area contributed by atoms with Crippen molar-refractivity contribution in [2.24, 2.45) is 0 Å². The van der Waals surface area contributed by atoms with E-state index in [0.717, 1.165) is 0 Å². The summed E-state index contributed by atoms with van der Waals surface area (Å²) in [5.41, 5.74) is 0.874. The molecule has 2 heterocycles. The molecule has 102 valence electrons. The van der Waals surface area contributed by atoms with Gasteiger partial charge in [0.15, 0.2) is 5.82 Å². The molecule has 3 rings (SSSR count). The van der Waals surface area contributed by atoms with Crippen LogP contribution in [0.15, 0.2) is 24.3 Å². The van der Waals surface area contributed by atoms with Crippen LogP contribution in [0.2, 0.25) is 0 Å². The Morgan fingerprint density at radius 3 is 2.50 bits per heavy atom. The van der Waals surface area contributed by atoms with Gasteiger partial charge in [-0.2, -0.15) is 5.26 Å². The summed E-state index contributed by atoms with van der Waals surface area (Å²) in [4.78, 5) is 3.32. The molecule has 0 saturated carbocycles. The fraction of sp³-hybridized carbons (Fsp3) is 0.308. The van der Waals surface area contributed by atoms with Gasteiger partial charge in [-0.1, -0.05) is 0 Å². The molecule has 1 aliphatic rings. The molecule has 0 spiro atoms. The number of benzene rings is 1. The molecule has 0 bridgehead atoms. The molecule has 6 nitrogen and oxygen atoms in total. The topological polar surface area (TPSA) is 67.0 Å². The van der Waals surface area contributed by atoms with Gasteiger partial charge in [0.25, 0.3) is 0 Å². The summed E-state index contributed by atoms with van der Waals surface area (Å²) < 4.78 is 18.2. The minimum absolute atomic E-state index is 0.260. The second-order valence-electron chi connectivity index (χ2n) is 4.35. The van der Waals surface area contributed by atoms with Gasteiger partial charge in [0, 0.05) is 13.1 Å². The normalized spacial score (nSPS) is 15.1. The standard InChI is InChI=1S/C13H12FN5O/c14-10-1-3-11(4-2-10)19-16-12(9-15)13(17-19)18-5-7-20-8-6-18/h1-4H,5-8H2. The van der Waals surface area contributed by atoms with E-state index in [-0.39, 0.29) is 11.5 Å². The lowest BCUT2D eigenvalue weighted by Gasteiger charge is -2.26. The van der Waals surface area contributed by atoms with Gasteiger partial charge in [-0.05, 0) is 24.3 Å². The highest BCUT2D eigenvalue weighted by atomic mass is 19.1. The fourth-order valence-corrected chi connectivity index (χ4v) is 2.05. The largest absolute Gasteiger partial charge is 0.378 e. The molecular formula is C13H12FN5O. The molecule has 1 aromatic carbocycles. The first-order valence-corrected chi connectivity index (χ1v) is 6.24. The summed E-state index contributed by atoms with van der Waals surface area (Å²) in [6, 6.07) is 7.85. The highest BCUT2D eigenvalue weighted by molar-refractivity contribution is 5.50. The lowest BCUT2D eigenvalue weighted by Crippen LogP contribution is -2.37. The van der Waals surface area contributed by atoms with Crippen LogP contribution in [0.5, 0.6) is 0 Å². The van der Waals surface area contributed by atoms with Crippen LogP contribution >= 0.6 is 0 Å². The summed E-state index contributed by atoms with van der Waals surface area (Å²) in [5.74, 6) is 0.218. The molecule has 0 atom stereocenters. The molecule has 0 radical (unpaired) electrons. The Bertz CT molecular complexity index is 640. The van der Waals surface area contributed by atoms with E-state index in [4.69, 9.17) is 10.00 Å². The van der Waals surface area contributed by atoms with Crippen molar-refractivity contribution >= 4 is 5.82 Å². The molecule has 0 unspecified atom stereocenters. The molecule has 0 aliphatic carbocycles. The van der Waals surface area contributed by atoms with Gasteiger partial charge in [-0.3, -0.25) is 0 Å². The van der Waals surface area contributed by atoms with Gasteiger partial charge in [0.1, 0.15) is 11.9 Å². The van der Waals surface area contributed by atoms with Crippen molar-refractivity contribution in [2.75, 3.05) is 31.2 Å².